The van der Waals surface area contributed by atoms with E-state index in [1.165, 1.54) is 6.07 Å². The van der Waals surface area contributed by atoms with Gasteiger partial charge in [-0.3, -0.25) is 0 Å². The van der Waals surface area contributed by atoms with Crippen LogP contribution >= 0.6 is 0 Å². The first kappa shape index (κ1) is 15.7. The normalized spacial score (nSPS) is 15.5. The highest BCUT2D eigenvalue weighted by Gasteiger charge is 2.31. The van der Waals surface area contributed by atoms with Crippen molar-refractivity contribution < 1.29 is 9.50 Å². The number of nitrogens with two attached hydrogens (primary N) is 1. The highest BCUT2D eigenvalue weighted by molar-refractivity contribution is 5.33. The number of aliphatic hydroxyl groups is 1. The van der Waals surface area contributed by atoms with Gasteiger partial charge in [-0.2, -0.15) is 0 Å². The maximum Gasteiger partial charge on any atom is 0.126 e. The maximum atomic E-state index is 14.2. The first-order chi connectivity index (χ1) is 9.92. The summed E-state index contributed by atoms with van der Waals surface area (Å²) >= 11 is 0. The Kier molecular flexibility index (Phi) is 4.76. The zero-order chi connectivity index (χ0) is 15.5. The van der Waals surface area contributed by atoms with Crippen molar-refractivity contribution >= 4 is 0 Å². The lowest BCUT2D eigenvalue weighted by molar-refractivity contribution is 0.139. The second-order valence-electron chi connectivity index (χ2n) is 5.92. The summed E-state index contributed by atoms with van der Waals surface area (Å²) in [6.45, 7) is 3.99. The number of aryl methyl sites for hydroxylation is 1. The third kappa shape index (κ3) is 3.69. The van der Waals surface area contributed by atoms with Crippen molar-refractivity contribution in [2.24, 2.45) is 5.73 Å². The molecule has 0 fully saturated rings. The molecule has 2 nitrogen and oxygen atoms in total. The van der Waals surface area contributed by atoms with Crippen LogP contribution in [0.3, 0.4) is 0 Å². The Morgan fingerprint density at radius 3 is 2.38 bits per heavy atom. The van der Waals surface area contributed by atoms with Gasteiger partial charge >= 0.3 is 0 Å². The van der Waals surface area contributed by atoms with E-state index in [2.05, 4.69) is 0 Å². The molecular formula is C18H22FNO. The van der Waals surface area contributed by atoms with Gasteiger partial charge in [0.1, 0.15) is 12.0 Å². The molecule has 112 valence electrons. The lowest BCUT2D eigenvalue weighted by Crippen LogP contribution is -2.35. The SMILES string of the molecule is Cc1ccccc1CC(C)(C[C@H](N)O)c1ccccc1F. The summed E-state index contributed by atoms with van der Waals surface area (Å²) in [5.41, 5.74) is 7.94. The summed E-state index contributed by atoms with van der Waals surface area (Å²) in [5, 5.41) is 9.64. The summed E-state index contributed by atoms with van der Waals surface area (Å²) < 4.78 is 14.2. The van der Waals surface area contributed by atoms with Gasteiger partial charge in [0, 0.05) is 5.41 Å². The molecule has 2 atom stereocenters. The Labute approximate surface area is 125 Å². The third-order valence-corrected chi connectivity index (χ3v) is 4.03. The van der Waals surface area contributed by atoms with Crippen LogP contribution in [0.2, 0.25) is 0 Å². The second kappa shape index (κ2) is 6.37. The van der Waals surface area contributed by atoms with Gasteiger partial charge in [0.05, 0.1) is 0 Å². The minimum Gasteiger partial charge on any atom is -0.379 e. The zero-order valence-electron chi connectivity index (χ0n) is 12.5. The van der Waals surface area contributed by atoms with Gasteiger partial charge < -0.3 is 10.8 Å². The minimum absolute atomic E-state index is 0.255. The van der Waals surface area contributed by atoms with E-state index >= 15 is 0 Å². The van der Waals surface area contributed by atoms with E-state index in [4.69, 9.17) is 5.73 Å². The van der Waals surface area contributed by atoms with Crippen LogP contribution in [0, 0.1) is 12.7 Å². The lowest BCUT2D eigenvalue weighted by atomic mass is 9.73. The Morgan fingerprint density at radius 1 is 1.14 bits per heavy atom. The van der Waals surface area contributed by atoms with Gasteiger partial charge in [0.25, 0.3) is 0 Å². The highest BCUT2D eigenvalue weighted by atomic mass is 19.1. The van der Waals surface area contributed by atoms with Gasteiger partial charge in [-0.25, -0.2) is 4.39 Å². The van der Waals surface area contributed by atoms with Gasteiger partial charge in [-0.1, -0.05) is 49.4 Å². The number of benzene rings is 2. The van der Waals surface area contributed by atoms with E-state index < -0.39 is 11.6 Å². The van der Waals surface area contributed by atoms with E-state index in [9.17, 15) is 9.50 Å². The highest BCUT2D eigenvalue weighted by Crippen LogP contribution is 2.34. The lowest BCUT2D eigenvalue weighted by Gasteiger charge is -2.32. The fraction of sp³-hybridized carbons (Fsp3) is 0.333. The topological polar surface area (TPSA) is 46.2 Å². The number of rotatable bonds is 5. The van der Waals surface area contributed by atoms with Gasteiger partial charge in [-0.15, -0.1) is 0 Å². The summed E-state index contributed by atoms with van der Waals surface area (Å²) in [6, 6.07) is 14.8. The molecule has 1 unspecified atom stereocenters. The zero-order valence-corrected chi connectivity index (χ0v) is 12.5. The van der Waals surface area contributed by atoms with Crippen molar-refractivity contribution in [3.05, 3.63) is 71.0 Å². The molecule has 3 N–H and O–H groups in total. The van der Waals surface area contributed by atoms with Crippen LogP contribution in [0.15, 0.2) is 48.5 Å². The molecule has 0 aliphatic carbocycles. The van der Waals surface area contributed by atoms with Crippen molar-refractivity contribution in [1.29, 1.82) is 0 Å². The molecule has 0 saturated heterocycles. The predicted molar refractivity (Wildman–Crippen MR) is 83.4 cm³/mol. The minimum atomic E-state index is -0.973. The number of halogens is 1. The van der Waals surface area contributed by atoms with Crippen LogP contribution in [0.1, 0.15) is 30.0 Å². The average Bonchev–Trinajstić information content (AvgIpc) is 2.41. The number of hydrogen-bond donors (Lipinski definition) is 2. The Balaban J connectivity index is 2.43. The van der Waals surface area contributed by atoms with E-state index in [0.717, 1.165) is 11.1 Å². The summed E-state index contributed by atoms with van der Waals surface area (Å²) in [7, 11) is 0. The largest absolute Gasteiger partial charge is 0.379 e. The molecule has 0 bridgehead atoms. The summed E-state index contributed by atoms with van der Waals surface area (Å²) in [5.74, 6) is -0.255. The molecule has 3 heteroatoms. The van der Waals surface area contributed by atoms with Gasteiger partial charge in [0.15, 0.2) is 0 Å². The molecule has 0 aliphatic rings. The Morgan fingerprint density at radius 2 is 1.76 bits per heavy atom. The van der Waals surface area contributed by atoms with E-state index in [1.54, 1.807) is 12.1 Å². The van der Waals surface area contributed by atoms with Crippen molar-refractivity contribution in [3.8, 4) is 0 Å². The molecule has 0 aromatic heterocycles. The maximum absolute atomic E-state index is 14.2. The molecule has 0 saturated carbocycles. The molecule has 0 aliphatic heterocycles. The van der Waals surface area contributed by atoms with Gasteiger partial charge in [0.2, 0.25) is 0 Å². The van der Waals surface area contributed by atoms with Crippen LogP contribution in [-0.2, 0) is 11.8 Å². The molecule has 0 spiro atoms. The van der Waals surface area contributed by atoms with Crippen molar-refractivity contribution in [1.82, 2.24) is 0 Å². The van der Waals surface area contributed by atoms with Crippen LogP contribution < -0.4 is 5.73 Å². The van der Waals surface area contributed by atoms with Crippen molar-refractivity contribution in [2.75, 3.05) is 0 Å². The van der Waals surface area contributed by atoms with Gasteiger partial charge in [-0.05, 0) is 42.5 Å². The molecular weight excluding hydrogens is 265 g/mol. The van der Waals surface area contributed by atoms with Crippen LogP contribution in [0.4, 0.5) is 4.39 Å². The molecule has 2 aromatic rings. The van der Waals surface area contributed by atoms with Crippen molar-refractivity contribution in [3.63, 3.8) is 0 Å². The van der Waals surface area contributed by atoms with Crippen LogP contribution in [0.5, 0.6) is 0 Å². The van der Waals surface area contributed by atoms with Crippen LogP contribution in [-0.4, -0.2) is 11.3 Å². The monoisotopic (exact) mass is 287 g/mol. The summed E-state index contributed by atoms with van der Waals surface area (Å²) in [4.78, 5) is 0. The Hall–Kier alpha value is -1.71. The number of hydrogen-bond acceptors (Lipinski definition) is 2. The van der Waals surface area contributed by atoms with Crippen LogP contribution in [0.25, 0.3) is 0 Å². The fourth-order valence-electron chi connectivity index (χ4n) is 2.92. The van der Waals surface area contributed by atoms with E-state index in [1.807, 2.05) is 44.2 Å². The molecule has 21 heavy (non-hydrogen) atoms. The molecule has 0 heterocycles. The van der Waals surface area contributed by atoms with E-state index in [0.29, 0.717) is 18.4 Å². The van der Waals surface area contributed by atoms with E-state index in [-0.39, 0.29) is 5.82 Å². The smallest absolute Gasteiger partial charge is 0.126 e. The quantitative estimate of drug-likeness (QED) is 0.829. The number of aliphatic hydroxyl groups excluding tert-OH is 1. The summed E-state index contributed by atoms with van der Waals surface area (Å²) in [6.07, 6.45) is -0.0319. The van der Waals surface area contributed by atoms with Crippen molar-refractivity contribution in [2.45, 2.75) is 38.3 Å². The first-order valence-corrected chi connectivity index (χ1v) is 7.15. The first-order valence-electron chi connectivity index (χ1n) is 7.15. The molecule has 2 aromatic carbocycles. The predicted octanol–water partition coefficient (Wildman–Crippen LogP) is 3.30. The third-order valence-electron chi connectivity index (χ3n) is 4.03. The molecule has 0 radical (unpaired) electrons. The molecule has 2 rings (SSSR count). The fourth-order valence-corrected chi connectivity index (χ4v) is 2.92. The Bertz CT molecular complexity index is 612. The average molecular weight is 287 g/mol. The standard InChI is InChI=1S/C18H22FNO/c1-13-7-3-4-8-14(13)11-18(2,12-17(20)21)15-9-5-6-10-16(15)19/h3-10,17,21H,11-12,20H2,1-2H3/t17-,18?/m1/s1. The molecule has 0 amide bonds. The second-order valence-corrected chi connectivity index (χ2v) is 5.92.